The quantitative estimate of drug-likeness (QED) is 0.738. The average Bonchev–Trinajstić information content (AvgIpc) is 2.58. The third-order valence-electron chi connectivity index (χ3n) is 3.45. The number of nitrogens with zero attached hydrogens (tertiary/aromatic N) is 3. The van der Waals surface area contributed by atoms with Crippen LogP contribution in [0.25, 0.3) is 6.08 Å². The van der Waals surface area contributed by atoms with E-state index in [1.807, 2.05) is 67.5 Å². The summed E-state index contributed by atoms with van der Waals surface area (Å²) in [5.41, 5.74) is 2.06. The lowest BCUT2D eigenvalue weighted by Crippen LogP contribution is -2.35. The molecular weight excluding hydrogens is 286 g/mol. The standard InChI is InChI=1S/C19H23N3O/c1-21(2)13-14-22(16-18-7-4-3-5-8-18)19(23)11-10-17-9-6-12-20-15-17/h3-12,15H,13-14,16H2,1-2H3/b11-10+. The number of pyridine rings is 1. The molecule has 23 heavy (non-hydrogen) atoms. The summed E-state index contributed by atoms with van der Waals surface area (Å²) in [5.74, 6) is 0.0135. The number of carbonyl (C=O) groups is 1. The largest absolute Gasteiger partial charge is 0.334 e. The predicted molar refractivity (Wildman–Crippen MR) is 93.7 cm³/mol. The zero-order valence-corrected chi connectivity index (χ0v) is 13.7. The Morgan fingerprint density at radius 2 is 1.87 bits per heavy atom. The molecule has 0 aliphatic carbocycles. The molecule has 4 nitrogen and oxygen atoms in total. The van der Waals surface area contributed by atoms with Gasteiger partial charge in [-0.15, -0.1) is 0 Å². The Kier molecular flexibility index (Phi) is 6.51. The highest BCUT2D eigenvalue weighted by atomic mass is 16.2. The van der Waals surface area contributed by atoms with Crippen LogP contribution in [0, 0.1) is 0 Å². The predicted octanol–water partition coefficient (Wildman–Crippen LogP) is 2.69. The van der Waals surface area contributed by atoms with Crippen molar-refractivity contribution in [3.8, 4) is 0 Å². The molecule has 1 amide bonds. The van der Waals surface area contributed by atoms with Crippen LogP contribution in [0.2, 0.25) is 0 Å². The third-order valence-corrected chi connectivity index (χ3v) is 3.45. The average molecular weight is 309 g/mol. The van der Waals surface area contributed by atoms with E-state index in [2.05, 4.69) is 9.88 Å². The van der Waals surface area contributed by atoms with Gasteiger partial charge in [0.15, 0.2) is 0 Å². The molecule has 0 atom stereocenters. The van der Waals surface area contributed by atoms with Crippen LogP contribution in [0.4, 0.5) is 0 Å². The van der Waals surface area contributed by atoms with E-state index in [-0.39, 0.29) is 5.91 Å². The Bertz CT molecular complexity index is 624. The van der Waals surface area contributed by atoms with Crippen LogP contribution in [0.3, 0.4) is 0 Å². The SMILES string of the molecule is CN(C)CCN(Cc1ccccc1)C(=O)/C=C/c1cccnc1. The molecule has 0 saturated carbocycles. The minimum absolute atomic E-state index is 0.0135. The topological polar surface area (TPSA) is 36.4 Å². The van der Waals surface area contributed by atoms with Crippen molar-refractivity contribution in [1.82, 2.24) is 14.8 Å². The van der Waals surface area contributed by atoms with Crippen LogP contribution in [0.1, 0.15) is 11.1 Å². The molecule has 0 N–H and O–H groups in total. The lowest BCUT2D eigenvalue weighted by Gasteiger charge is -2.23. The van der Waals surface area contributed by atoms with Gasteiger partial charge in [0.2, 0.25) is 5.91 Å². The lowest BCUT2D eigenvalue weighted by molar-refractivity contribution is -0.126. The molecule has 0 spiro atoms. The molecule has 1 heterocycles. The van der Waals surface area contributed by atoms with Gasteiger partial charge in [0, 0.05) is 38.1 Å². The van der Waals surface area contributed by atoms with E-state index in [1.165, 1.54) is 0 Å². The van der Waals surface area contributed by atoms with Crippen molar-refractivity contribution in [1.29, 1.82) is 0 Å². The van der Waals surface area contributed by atoms with Gasteiger partial charge in [0.05, 0.1) is 0 Å². The van der Waals surface area contributed by atoms with E-state index in [9.17, 15) is 4.79 Å². The molecule has 1 aromatic carbocycles. The fourth-order valence-electron chi connectivity index (χ4n) is 2.14. The summed E-state index contributed by atoms with van der Waals surface area (Å²) in [4.78, 5) is 20.5. The van der Waals surface area contributed by atoms with Crippen LogP contribution in [0.15, 0.2) is 60.9 Å². The summed E-state index contributed by atoms with van der Waals surface area (Å²) in [6, 6.07) is 13.8. The molecule has 4 heteroatoms. The van der Waals surface area contributed by atoms with Gasteiger partial charge in [-0.05, 0) is 37.4 Å². The van der Waals surface area contributed by atoms with E-state index in [0.717, 1.165) is 17.7 Å². The van der Waals surface area contributed by atoms with Crippen molar-refractivity contribution in [2.75, 3.05) is 27.2 Å². The number of rotatable bonds is 7. The Labute approximate surface area is 138 Å². The maximum atomic E-state index is 12.5. The number of benzene rings is 1. The number of aromatic nitrogens is 1. The lowest BCUT2D eigenvalue weighted by atomic mass is 10.2. The fraction of sp³-hybridized carbons (Fsp3) is 0.263. The van der Waals surface area contributed by atoms with E-state index in [1.54, 1.807) is 18.5 Å². The first kappa shape index (κ1) is 16.9. The molecule has 0 aliphatic heterocycles. The van der Waals surface area contributed by atoms with Gasteiger partial charge in [0.1, 0.15) is 0 Å². The maximum Gasteiger partial charge on any atom is 0.246 e. The summed E-state index contributed by atoms with van der Waals surface area (Å²) < 4.78 is 0. The monoisotopic (exact) mass is 309 g/mol. The van der Waals surface area contributed by atoms with Crippen molar-refractivity contribution in [3.05, 3.63) is 72.1 Å². The molecule has 0 fully saturated rings. The molecule has 0 aliphatic rings. The van der Waals surface area contributed by atoms with E-state index >= 15 is 0 Å². The zero-order valence-electron chi connectivity index (χ0n) is 13.7. The minimum Gasteiger partial charge on any atom is -0.334 e. The highest BCUT2D eigenvalue weighted by Crippen LogP contribution is 2.07. The van der Waals surface area contributed by atoms with Crippen LogP contribution >= 0.6 is 0 Å². The van der Waals surface area contributed by atoms with Gasteiger partial charge in [0.25, 0.3) is 0 Å². The Hall–Kier alpha value is -2.46. The van der Waals surface area contributed by atoms with Gasteiger partial charge in [-0.1, -0.05) is 36.4 Å². The molecule has 2 aromatic rings. The third kappa shape index (κ3) is 6.04. The molecule has 0 unspecified atom stereocenters. The Morgan fingerprint density at radius 1 is 1.09 bits per heavy atom. The van der Waals surface area contributed by atoms with E-state index in [0.29, 0.717) is 13.1 Å². The Morgan fingerprint density at radius 3 is 2.52 bits per heavy atom. The number of amides is 1. The molecule has 0 bridgehead atoms. The normalized spacial score (nSPS) is 11.1. The van der Waals surface area contributed by atoms with Gasteiger partial charge in [-0.2, -0.15) is 0 Å². The van der Waals surface area contributed by atoms with Crippen molar-refractivity contribution >= 4 is 12.0 Å². The van der Waals surface area contributed by atoms with Gasteiger partial charge in [-0.25, -0.2) is 0 Å². The number of hydrogen-bond acceptors (Lipinski definition) is 3. The second-order valence-electron chi connectivity index (χ2n) is 5.67. The summed E-state index contributed by atoms with van der Waals surface area (Å²) in [7, 11) is 4.02. The van der Waals surface area contributed by atoms with Gasteiger partial charge >= 0.3 is 0 Å². The summed E-state index contributed by atoms with van der Waals surface area (Å²) in [6.07, 6.45) is 6.89. The highest BCUT2D eigenvalue weighted by Gasteiger charge is 2.11. The first-order chi connectivity index (χ1) is 11.1. The molecule has 120 valence electrons. The molecule has 1 aromatic heterocycles. The summed E-state index contributed by atoms with van der Waals surface area (Å²) in [5, 5.41) is 0. The van der Waals surface area contributed by atoms with Crippen molar-refractivity contribution in [2.45, 2.75) is 6.54 Å². The van der Waals surface area contributed by atoms with Crippen molar-refractivity contribution < 1.29 is 4.79 Å². The van der Waals surface area contributed by atoms with Crippen LogP contribution in [-0.4, -0.2) is 47.9 Å². The van der Waals surface area contributed by atoms with E-state index < -0.39 is 0 Å². The summed E-state index contributed by atoms with van der Waals surface area (Å²) >= 11 is 0. The second kappa shape index (κ2) is 8.86. The Balaban J connectivity index is 2.05. The smallest absolute Gasteiger partial charge is 0.246 e. The molecule has 2 rings (SSSR count). The molecular formula is C19H23N3O. The zero-order chi connectivity index (χ0) is 16.5. The number of hydrogen-bond donors (Lipinski definition) is 0. The summed E-state index contributed by atoms with van der Waals surface area (Å²) in [6.45, 7) is 2.14. The highest BCUT2D eigenvalue weighted by molar-refractivity contribution is 5.91. The fourth-order valence-corrected chi connectivity index (χ4v) is 2.14. The van der Waals surface area contributed by atoms with Crippen LogP contribution < -0.4 is 0 Å². The number of carbonyl (C=O) groups excluding carboxylic acids is 1. The molecule has 0 radical (unpaired) electrons. The van der Waals surface area contributed by atoms with Gasteiger partial charge in [-0.3, -0.25) is 9.78 Å². The first-order valence-electron chi connectivity index (χ1n) is 7.71. The molecule has 0 saturated heterocycles. The van der Waals surface area contributed by atoms with Crippen molar-refractivity contribution in [3.63, 3.8) is 0 Å². The van der Waals surface area contributed by atoms with Crippen LogP contribution in [0.5, 0.6) is 0 Å². The van der Waals surface area contributed by atoms with Crippen molar-refractivity contribution in [2.24, 2.45) is 0 Å². The van der Waals surface area contributed by atoms with Gasteiger partial charge < -0.3 is 9.80 Å². The number of likely N-dealkylation sites (N-methyl/N-ethyl adjacent to an activating group) is 1. The van der Waals surface area contributed by atoms with Crippen LogP contribution in [-0.2, 0) is 11.3 Å². The second-order valence-corrected chi connectivity index (χ2v) is 5.67. The minimum atomic E-state index is 0.0135. The van der Waals surface area contributed by atoms with E-state index in [4.69, 9.17) is 0 Å². The first-order valence-corrected chi connectivity index (χ1v) is 7.71. The maximum absolute atomic E-state index is 12.5.